The maximum atomic E-state index is 12.8. The average Bonchev–Trinajstić information content (AvgIpc) is 2.67. The van der Waals surface area contributed by atoms with E-state index in [0.717, 1.165) is 17.7 Å². The summed E-state index contributed by atoms with van der Waals surface area (Å²) in [4.78, 5) is 38.0. The maximum Gasteiger partial charge on any atom is 0.282 e. The van der Waals surface area contributed by atoms with Gasteiger partial charge in [0.15, 0.2) is 16.3 Å². The molecule has 3 rings (SSSR count). The van der Waals surface area contributed by atoms with Crippen LogP contribution in [0.5, 0.6) is 0 Å². The van der Waals surface area contributed by atoms with Crippen LogP contribution in [0.4, 0.5) is 5.69 Å². The molecular weight excluding hydrogens is 374 g/mol. The summed E-state index contributed by atoms with van der Waals surface area (Å²) < 4.78 is 1.60. The number of amides is 1. The molecule has 0 radical (unpaired) electrons. The summed E-state index contributed by atoms with van der Waals surface area (Å²) >= 11 is 1.23. The molecule has 0 bridgehead atoms. The fraction of sp³-hybridized carbons (Fsp3) is 0.350. The number of thioether (sulfide) groups is 1. The molecule has 28 heavy (non-hydrogen) atoms. The summed E-state index contributed by atoms with van der Waals surface area (Å²) in [6.45, 7) is 6.66. The molecule has 1 aromatic carbocycles. The summed E-state index contributed by atoms with van der Waals surface area (Å²) in [6.07, 6.45) is 3.82. The minimum absolute atomic E-state index is 0.147. The van der Waals surface area contributed by atoms with E-state index in [1.807, 2.05) is 31.2 Å². The van der Waals surface area contributed by atoms with Crippen LogP contribution in [0.15, 0.2) is 46.6 Å². The first-order chi connectivity index (χ1) is 13.5. The number of hydrogen-bond donors (Lipinski definition) is 1. The highest BCUT2D eigenvalue weighted by molar-refractivity contribution is 7.99. The van der Waals surface area contributed by atoms with Crippen molar-refractivity contribution in [2.24, 2.45) is 5.92 Å². The van der Waals surface area contributed by atoms with Crippen LogP contribution in [0, 0.1) is 12.8 Å². The highest BCUT2D eigenvalue weighted by atomic mass is 32.2. The largest absolute Gasteiger partial charge is 0.325 e. The third kappa shape index (κ3) is 4.75. The van der Waals surface area contributed by atoms with Crippen LogP contribution < -0.4 is 10.9 Å². The van der Waals surface area contributed by atoms with Crippen molar-refractivity contribution in [3.05, 3.63) is 52.6 Å². The number of anilines is 1. The van der Waals surface area contributed by atoms with Gasteiger partial charge in [0.05, 0.1) is 5.75 Å². The van der Waals surface area contributed by atoms with Gasteiger partial charge < -0.3 is 5.32 Å². The minimum Gasteiger partial charge on any atom is -0.325 e. The summed E-state index contributed by atoms with van der Waals surface area (Å²) in [5.41, 5.74) is 2.10. The third-order valence-corrected chi connectivity index (χ3v) is 5.22. The van der Waals surface area contributed by atoms with Gasteiger partial charge in [0, 0.05) is 24.6 Å². The SMILES string of the molecule is Cc1ccccc1NC(=O)CSc1nc2nccnc2c(=O)n1CCC(C)C. The van der Waals surface area contributed by atoms with E-state index in [9.17, 15) is 9.59 Å². The van der Waals surface area contributed by atoms with E-state index in [0.29, 0.717) is 23.3 Å². The van der Waals surface area contributed by atoms with E-state index in [1.165, 1.54) is 24.2 Å². The van der Waals surface area contributed by atoms with Crippen LogP contribution in [0.1, 0.15) is 25.8 Å². The summed E-state index contributed by atoms with van der Waals surface area (Å²) in [7, 11) is 0. The van der Waals surface area contributed by atoms with Gasteiger partial charge in [-0.25, -0.2) is 15.0 Å². The molecule has 0 spiro atoms. The molecule has 2 aromatic heterocycles. The number of fused-ring (bicyclic) bond motifs is 1. The number of nitrogens with one attached hydrogen (secondary N) is 1. The van der Waals surface area contributed by atoms with E-state index < -0.39 is 0 Å². The Bertz CT molecular complexity index is 1050. The Kier molecular flexibility index (Phi) is 6.41. The summed E-state index contributed by atoms with van der Waals surface area (Å²) in [6, 6.07) is 7.60. The Morgan fingerprint density at radius 2 is 1.96 bits per heavy atom. The van der Waals surface area contributed by atoms with Crippen molar-refractivity contribution in [2.45, 2.75) is 38.9 Å². The highest BCUT2D eigenvalue weighted by Gasteiger charge is 2.15. The lowest BCUT2D eigenvalue weighted by atomic mass is 10.1. The number of aryl methyl sites for hydroxylation is 1. The van der Waals surface area contributed by atoms with Gasteiger partial charge in [0.1, 0.15) is 0 Å². The van der Waals surface area contributed by atoms with Gasteiger partial charge in [-0.15, -0.1) is 0 Å². The summed E-state index contributed by atoms with van der Waals surface area (Å²) in [5.74, 6) is 0.434. The molecule has 0 fully saturated rings. The normalized spacial score (nSPS) is 11.1. The Labute approximate surface area is 167 Å². The second kappa shape index (κ2) is 8.97. The number of carbonyl (C=O) groups is 1. The van der Waals surface area contributed by atoms with Crippen molar-refractivity contribution in [2.75, 3.05) is 11.1 Å². The lowest BCUT2D eigenvalue weighted by Crippen LogP contribution is -2.26. The Balaban J connectivity index is 1.82. The first kappa shape index (κ1) is 20.0. The van der Waals surface area contributed by atoms with Crippen molar-refractivity contribution >= 4 is 34.5 Å². The first-order valence-corrected chi connectivity index (χ1v) is 10.1. The van der Waals surface area contributed by atoms with Crippen molar-refractivity contribution in [3.8, 4) is 0 Å². The zero-order chi connectivity index (χ0) is 20.1. The minimum atomic E-state index is -0.222. The molecule has 0 saturated carbocycles. The highest BCUT2D eigenvalue weighted by Crippen LogP contribution is 2.19. The zero-order valence-electron chi connectivity index (χ0n) is 16.2. The molecule has 0 atom stereocenters. The molecule has 7 nitrogen and oxygen atoms in total. The Morgan fingerprint density at radius 3 is 2.71 bits per heavy atom. The van der Waals surface area contributed by atoms with Gasteiger partial charge in [-0.3, -0.25) is 14.2 Å². The molecule has 0 aliphatic rings. The molecule has 8 heteroatoms. The lowest BCUT2D eigenvalue weighted by molar-refractivity contribution is -0.113. The molecule has 0 aliphatic carbocycles. The van der Waals surface area contributed by atoms with Crippen molar-refractivity contribution in [1.29, 1.82) is 0 Å². The van der Waals surface area contributed by atoms with E-state index in [4.69, 9.17) is 0 Å². The van der Waals surface area contributed by atoms with Gasteiger partial charge in [-0.1, -0.05) is 43.8 Å². The molecule has 146 valence electrons. The van der Waals surface area contributed by atoms with E-state index >= 15 is 0 Å². The predicted molar refractivity (Wildman–Crippen MR) is 112 cm³/mol. The topological polar surface area (TPSA) is 89.8 Å². The number of aromatic nitrogens is 4. The van der Waals surface area contributed by atoms with Crippen LogP contribution >= 0.6 is 11.8 Å². The van der Waals surface area contributed by atoms with Crippen LogP contribution in [0.2, 0.25) is 0 Å². The van der Waals surface area contributed by atoms with Crippen molar-refractivity contribution < 1.29 is 4.79 Å². The van der Waals surface area contributed by atoms with Gasteiger partial charge in [-0.2, -0.15) is 0 Å². The summed E-state index contributed by atoms with van der Waals surface area (Å²) in [5, 5.41) is 3.38. The number of benzene rings is 1. The fourth-order valence-electron chi connectivity index (χ4n) is 2.65. The average molecular weight is 398 g/mol. The number of rotatable bonds is 7. The molecule has 2 heterocycles. The number of para-hydroxylation sites is 1. The van der Waals surface area contributed by atoms with E-state index in [1.54, 1.807) is 4.57 Å². The van der Waals surface area contributed by atoms with Crippen LogP contribution in [-0.4, -0.2) is 31.2 Å². The van der Waals surface area contributed by atoms with Crippen molar-refractivity contribution in [1.82, 2.24) is 19.5 Å². The molecule has 0 aliphatic heterocycles. The van der Waals surface area contributed by atoms with E-state index in [2.05, 4.69) is 34.1 Å². The molecule has 3 aromatic rings. The van der Waals surface area contributed by atoms with Crippen LogP contribution in [0.3, 0.4) is 0 Å². The molecule has 1 N–H and O–H groups in total. The Morgan fingerprint density at radius 1 is 1.21 bits per heavy atom. The quantitative estimate of drug-likeness (QED) is 0.486. The molecule has 0 unspecified atom stereocenters. The zero-order valence-corrected chi connectivity index (χ0v) is 17.0. The van der Waals surface area contributed by atoms with Crippen LogP contribution in [-0.2, 0) is 11.3 Å². The van der Waals surface area contributed by atoms with E-state index in [-0.39, 0.29) is 22.7 Å². The van der Waals surface area contributed by atoms with Gasteiger partial charge in [-0.05, 0) is 30.9 Å². The lowest BCUT2D eigenvalue weighted by Gasteiger charge is -2.13. The molecular formula is C20H23N5O2S. The Hall–Kier alpha value is -2.74. The van der Waals surface area contributed by atoms with Gasteiger partial charge >= 0.3 is 0 Å². The maximum absolute atomic E-state index is 12.8. The number of hydrogen-bond acceptors (Lipinski definition) is 6. The van der Waals surface area contributed by atoms with Crippen molar-refractivity contribution in [3.63, 3.8) is 0 Å². The predicted octanol–water partition coefficient (Wildman–Crippen LogP) is 3.27. The van der Waals surface area contributed by atoms with Gasteiger partial charge in [0.25, 0.3) is 5.56 Å². The molecule has 0 saturated heterocycles. The standard InChI is InChI=1S/C20H23N5O2S/c1-13(2)8-11-25-19(27)17-18(22-10-9-21-17)24-20(25)28-12-16(26)23-15-7-5-4-6-14(15)3/h4-7,9-10,13H,8,11-12H2,1-3H3,(H,23,26). The molecule has 1 amide bonds. The smallest absolute Gasteiger partial charge is 0.282 e. The first-order valence-electron chi connectivity index (χ1n) is 9.15. The third-order valence-electron chi connectivity index (χ3n) is 4.24. The fourth-order valence-corrected chi connectivity index (χ4v) is 3.47. The number of carbonyl (C=O) groups excluding carboxylic acids is 1. The monoisotopic (exact) mass is 397 g/mol. The van der Waals surface area contributed by atoms with Crippen LogP contribution in [0.25, 0.3) is 11.2 Å². The second-order valence-electron chi connectivity index (χ2n) is 6.91. The van der Waals surface area contributed by atoms with Gasteiger partial charge in [0.2, 0.25) is 5.91 Å². The number of nitrogens with zero attached hydrogens (tertiary/aromatic N) is 4. The second-order valence-corrected chi connectivity index (χ2v) is 7.86.